The number of carbonyl (C=O) groups is 2. The number of halogens is 3. The van der Waals surface area contributed by atoms with Crippen molar-refractivity contribution in [2.45, 2.75) is 12.8 Å². The zero-order chi connectivity index (χ0) is 22.0. The molecule has 5 nitrogen and oxygen atoms in total. The Morgan fingerprint density at radius 1 is 1.06 bits per heavy atom. The van der Waals surface area contributed by atoms with Crippen LogP contribution in [-0.4, -0.2) is 34.8 Å². The maximum atomic E-state index is 13.4. The van der Waals surface area contributed by atoms with Gasteiger partial charge in [0.1, 0.15) is 0 Å². The lowest BCUT2D eigenvalue weighted by atomic mass is 9.95. The van der Waals surface area contributed by atoms with Gasteiger partial charge < -0.3 is 10.2 Å². The molecule has 0 aliphatic carbocycles. The van der Waals surface area contributed by atoms with Gasteiger partial charge in [-0.2, -0.15) is 0 Å². The van der Waals surface area contributed by atoms with Crippen molar-refractivity contribution in [3.63, 3.8) is 0 Å². The summed E-state index contributed by atoms with van der Waals surface area (Å²) in [5.41, 5.74) is 1.46. The first-order valence-corrected chi connectivity index (χ1v) is 10.9. The van der Waals surface area contributed by atoms with Crippen molar-refractivity contribution < 1.29 is 18.4 Å². The first-order valence-electron chi connectivity index (χ1n) is 9.67. The minimum absolute atomic E-state index is 0.0772. The third kappa shape index (κ3) is 4.91. The fourth-order valence-corrected chi connectivity index (χ4v) is 4.30. The van der Waals surface area contributed by atoms with Gasteiger partial charge in [-0.25, -0.2) is 13.8 Å². The van der Waals surface area contributed by atoms with Crippen LogP contribution < -0.4 is 5.32 Å². The Morgan fingerprint density at radius 3 is 2.45 bits per heavy atom. The van der Waals surface area contributed by atoms with Gasteiger partial charge in [-0.05, 0) is 55.3 Å². The highest BCUT2D eigenvalue weighted by molar-refractivity contribution is 7.14. The summed E-state index contributed by atoms with van der Waals surface area (Å²) >= 11 is 7.08. The second-order valence-corrected chi connectivity index (χ2v) is 8.52. The summed E-state index contributed by atoms with van der Waals surface area (Å²) in [6, 6.07) is 10.3. The van der Waals surface area contributed by atoms with Crippen molar-refractivity contribution >= 4 is 39.9 Å². The molecule has 0 bridgehead atoms. The number of hydrogen-bond donors (Lipinski definition) is 1. The molecule has 0 saturated carbocycles. The SMILES string of the molecule is O=C(Nc1nc(-c2ccc(F)c(F)c2)cs1)C1CCN(C(=O)c2ccc(Cl)cc2)CC1. The summed E-state index contributed by atoms with van der Waals surface area (Å²) in [6.45, 7) is 0.967. The molecular formula is C22H18ClF2N3O2S. The van der Waals surface area contributed by atoms with Gasteiger partial charge in [0.2, 0.25) is 5.91 Å². The molecule has 0 spiro atoms. The average molecular weight is 462 g/mol. The molecule has 0 unspecified atom stereocenters. The van der Waals surface area contributed by atoms with Crippen molar-refractivity contribution in [1.82, 2.24) is 9.88 Å². The van der Waals surface area contributed by atoms with Crippen molar-refractivity contribution in [3.05, 3.63) is 70.1 Å². The van der Waals surface area contributed by atoms with Crippen LogP contribution in [0.4, 0.5) is 13.9 Å². The topological polar surface area (TPSA) is 62.3 Å². The Balaban J connectivity index is 1.33. The van der Waals surface area contributed by atoms with Gasteiger partial charge in [-0.3, -0.25) is 9.59 Å². The van der Waals surface area contributed by atoms with E-state index in [1.807, 2.05) is 0 Å². The zero-order valence-corrected chi connectivity index (χ0v) is 17.9. The molecule has 2 aromatic carbocycles. The molecule has 160 valence electrons. The van der Waals surface area contributed by atoms with E-state index in [0.29, 0.717) is 52.9 Å². The van der Waals surface area contributed by atoms with Crippen molar-refractivity contribution in [3.8, 4) is 11.3 Å². The molecule has 1 N–H and O–H groups in total. The Hall–Kier alpha value is -2.84. The number of nitrogens with one attached hydrogen (secondary N) is 1. The molecule has 31 heavy (non-hydrogen) atoms. The van der Waals surface area contributed by atoms with Crippen LogP contribution in [0, 0.1) is 17.6 Å². The lowest BCUT2D eigenvalue weighted by molar-refractivity contribution is -0.121. The maximum Gasteiger partial charge on any atom is 0.253 e. The fraction of sp³-hybridized carbons (Fsp3) is 0.227. The fourth-order valence-electron chi connectivity index (χ4n) is 3.45. The number of anilines is 1. The largest absolute Gasteiger partial charge is 0.339 e. The smallest absolute Gasteiger partial charge is 0.253 e. The Morgan fingerprint density at radius 2 is 1.77 bits per heavy atom. The van der Waals surface area contributed by atoms with Gasteiger partial charge in [0, 0.05) is 40.5 Å². The Labute approximate surface area is 186 Å². The maximum absolute atomic E-state index is 13.4. The van der Waals surface area contributed by atoms with E-state index in [1.165, 1.54) is 17.4 Å². The van der Waals surface area contributed by atoms with Gasteiger partial charge in [0.05, 0.1) is 5.69 Å². The van der Waals surface area contributed by atoms with Crippen LogP contribution in [0.5, 0.6) is 0 Å². The molecule has 1 aromatic heterocycles. The number of hydrogen-bond acceptors (Lipinski definition) is 4. The van der Waals surface area contributed by atoms with E-state index in [2.05, 4.69) is 10.3 Å². The summed E-state index contributed by atoms with van der Waals surface area (Å²) in [5.74, 6) is -2.34. The lowest BCUT2D eigenvalue weighted by Gasteiger charge is -2.31. The van der Waals surface area contributed by atoms with Crippen LogP contribution in [0.1, 0.15) is 23.2 Å². The third-order valence-electron chi connectivity index (χ3n) is 5.19. The van der Waals surface area contributed by atoms with Gasteiger partial charge in [0.15, 0.2) is 16.8 Å². The highest BCUT2D eigenvalue weighted by Gasteiger charge is 2.28. The number of amides is 2. The van der Waals surface area contributed by atoms with Crippen LogP contribution >= 0.6 is 22.9 Å². The van der Waals surface area contributed by atoms with Gasteiger partial charge >= 0.3 is 0 Å². The normalized spacial score (nSPS) is 14.5. The van der Waals surface area contributed by atoms with Crippen molar-refractivity contribution in [1.29, 1.82) is 0 Å². The summed E-state index contributed by atoms with van der Waals surface area (Å²) in [5, 5.41) is 5.43. The van der Waals surface area contributed by atoms with Gasteiger partial charge in [-0.1, -0.05) is 11.6 Å². The van der Waals surface area contributed by atoms with Crippen molar-refractivity contribution in [2.24, 2.45) is 5.92 Å². The Bertz CT molecular complexity index is 1110. The summed E-state index contributed by atoms with van der Waals surface area (Å²) in [6.07, 6.45) is 1.10. The van der Waals surface area contributed by atoms with E-state index in [4.69, 9.17) is 11.6 Å². The summed E-state index contributed by atoms with van der Waals surface area (Å²) in [7, 11) is 0. The molecule has 1 aliphatic rings. The van der Waals surface area contributed by atoms with Gasteiger partial charge in [0.25, 0.3) is 5.91 Å². The van der Waals surface area contributed by atoms with Gasteiger partial charge in [-0.15, -0.1) is 11.3 Å². The van der Waals surface area contributed by atoms with Crippen LogP contribution in [0.2, 0.25) is 5.02 Å². The monoisotopic (exact) mass is 461 g/mol. The molecule has 3 aromatic rings. The molecule has 4 rings (SSSR count). The molecular weight excluding hydrogens is 444 g/mol. The number of thiazole rings is 1. The molecule has 1 fully saturated rings. The number of likely N-dealkylation sites (tertiary alicyclic amines) is 1. The molecule has 1 saturated heterocycles. The quantitative estimate of drug-likeness (QED) is 0.578. The third-order valence-corrected chi connectivity index (χ3v) is 6.20. The first-order chi connectivity index (χ1) is 14.9. The van der Waals surface area contributed by atoms with E-state index in [0.717, 1.165) is 12.1 Å². The highest BCUT2D eigenvalue weighted by Crippen LogP contribution is 2.27. The van der Waals surface area contributed by atoms with E-state index >= 15 is 0 Å². The second-order valence-electron chi connectivity index (χ2n) is 7.23. The minimum atomic E-state index is -0.948. The zero-order valence-electron chi connectivity index (χ0n) is 16.3. The van der Waals surface area contributed by atoms with Crippen LogP contribution in [0.25, 0.3) is 11.3 Å². The predicted octanol–water partition coefficient (Wildman–Crippen LogP) is 5.23. The average Bonchev–Trinajstić information content (AvgIpc) is 3.24. The Kier molecular flexibility index (Phi) is 6.29. The number of piperidine rings is 1. The number of rotatable bonds is 4. The second kappa shape index (κ2) is 9.11. The molecule has 2 heterocycles. The van der Waals surface area contributed by atoms with Crippen molar-refractivity contribution in [2.75, 3.05) is 18.4 Å². The van der Waals surface area contributed by atoms with Crippen LogP contribution in [0.3, 0.4) is 0 Å². The van der Waals surface area contributed by atoms with E-state index in [-0.39, 0.29) is 17.7 Å². The molecule has 2 amide bonds. The molecule has 0 radical (unpaired) electrons. The number of carbonyl (C=O) groups excluding carboxylic acids is 2. The summed E-state index contributed by atoms with van der Waals surface area (Å²) in [4.78, 5) is 31.2. The highest BCUT2D eigenvalue weighted by atomic mass is 35.5. The molecule has 0 atom stereocenters. The standard InChI is InChI=1S/C22H18ClF2N3O2S/c23-16-4-1-14(2-5-16)21(30)28-9-7-13(8-10-28)20(29)27-22-26-19(12-31-22)15-3-6-17(24)18(25)11-15/h1-6,11-13H,7-10H2,(H,26,27,29). The van der Waals surface area contributed by atoms with Crippen LogP contribution in [-0.2, 0) is 4.79 Å². The van der Waals surface area contributed by atoms with E-state index in [9.17, 15) is 18.4 Å². The predicted molar refractivity (Wildman–Crippen MR) is 116 cm³/mol. The van der Waals surface area contributed by atoms with Crippen LogP contribution in [0.15, 0.2) is 47.8 Å². The van der Waals surface area contributed by atoms with E-state index in [1.54, 1.807) is 34.5 Å². The molecule has 9 heteroatoms. The first kappa shape index (κ1) is 21.4. The van der Waals surface area contributed by atoms with E-state index < -0.39 is 11.6 Å². The lowest BCUT2D eigenvalue weighted by Crippen LogP contribution is -2.41. The number of benzene rings is 2. The number of aromatic nitrogens is 1. The number of nitrogens with zero attached hydrogens (tertiary/aromatic N) is 2. The molecule has 1 aliphatic heterocycles. The summed E-state index contributed by atoms with van der Waals surface area (Å²) < 4.78 is 26.5. The minimum Gasteiger partial charge on any atom is -0.339 e.